The summed E-state index contributed by atoms with van der Waals surface area (Å²) in [5, 5.41) is 2.98. The van der Waals surface area contributed by atoms with Crippen LogP contribution in [0, 0.1) is 6.92 Å². The lowest BCUT2D eigenvalue weighted by Gasteiger charge is -2.16. The van der Waals surface area contributed by atoms with Crippen LogP contribution in [0.2, 0.25) is 5.02 Å². The molecule has 2 aromatic rings. The molecule has 0 atom stereocenters. The van der Waals surface area contributed by atoms with Gasteiger partial charge in [0, 0.05) is 16.4 Å². The highest BCUT2D eigenvalue weighted by molar-refractivity contribution is 6.30. The maximum absolute atomic E-state index is 12.8. The largest absolute Gasteiger partial charge is 0.416 e. The Hall–Kier alpha value is -1.89. The molecule has 1 nitrogen and oxygen atoms in total. The van der Waals surface area contributed by atoms with Crippen molar-refractivity contribution in [2.75, 3.05) is 5.32 Å². The van der Waals surface area contributed by atoms with Crippen molar-refractivity contribution in [2.45, 2.75) is 19.3 Å². The average molecular weight is 354 g/mol. The van der Waals surface area contributed by atoms with Crippen LogP contribution in [-0.4, -0.2) is 0 Å². The lowest BCUT2D eigenvalue weighted by molar-refractivity contribution is -0.143. The predicted octanol–water partition coefficient (Wildman–Crippen LogP) is 6.43. The molecule has 0 spiro atoms. The van der Waals surface area contributed by atoms with Gasteiger partial charge in [-0.2, -0.15) is 26.3 Å². The van der Waals surface area contributed by atoms with Crippen LogP contribution >= 0.6 is 11.6 Å². The Bertz CT molecular complexity index is 689. The first kappa shape index (κ1) is 17.5. The second-order valence-electron chi connectivity index (χ2n) is 4.88. The van der Waals surface area contributed by atoms with E-state index < -0.39 is 23.5 Å². The third kappa shape index (κ3) is 4.31. The number of benzene rings is 2. The zero-order valence-electron chi connectivity index (χ0n) is 11.6. The Labute approximate surface area is 132 Å². The number of hydrogen-bond acceptors (Lipinski definition) is 1. The van der Waals surface area contributed by atoms with Gasteiger partial charge in [-0.15, -0.1) is 0 Å². The van der Waals surface area contributed by atoms with Gasteiger partial charge in [0.05, 0.1) is 11.1 Å². The van der Waals surface area contributed by atoms with E-state index in [9.17, 15) is 26.3 Å². The molecular weight excluding hydrogens is 344 g/mol. The normalized spacial score (nSPS) is 12.3. The molecule has 0 unspecified atom stereocenters. The van der Waals surface area contributed by atoms with E-state index in [0.29, 0.717) is 28.4 Å². The Morgan fingerprint density at radius 3 is 1.78 bits per heavy atom. The minimum Gasteiger partial charge on any atom is -0.355 e. The van der Waals surface area contributed by atoms with Crippen LogP contribution in [0.15, 0.2) is 36.4 Å². The van der Waals surface area contributed by atoms with Crippen molar-refractivity contribution in [2.24, 2.45) is 0 Å². The van der Waals surface area contributed by atoms with Gasteiger partial charge in [0.15, 0.2) is 0 Å². The summed E-state index contributed by atoms with van der Waals surface area (Å²) >= 11 is 5.76. The van der Waals surface area contributed by atoms with Gasteiger partial charge in [-0.05, 0) is 48.9 Å². The van der Waals surface area contributed by atoms with Crippen LogP contribution in [-0.2, 0) is 12.4 Å². The van der Waals surface area contributed by atoms with Crippen LogP contribution in [0.3, 0.4) is 0 Å². The summed E-state index contributed by atoms with van der Waals surface area (Å²) in [6.07, 6.45) is -9.76. The third-order valence-electron chi connectivity index (χ3n) is 3.06. The number of rotatable bonds is 2. The van der Waals surface area contributed by atoms with Crippen molar-refractivity contribution in [3.8, 4) is 0 Å². The summed E-state index contributed by atoms with van der Waals surface area (Å²) in [5.41, 5.74) is -2.11. The molecule has 0 radical (unpaired) electrons. The van der Waals surface area contributed by atoms with Crippen molar-refractivity contribution in [3.63, 3.8) is 0 Å². The van der Waals surface area contributed by atoms with Crippen LogP contribution in [0.5, 0.6) is 0 Å². The molecule has 0 aliphatic heterocycles. The number of aryl methyl sites for hydroxylation is 1. The Morgan fingerprint density at radius 1 is 0.826 bits per heavy atom. The average Bonchev–Trinajstić information content (AvgIpc) is 2.40. The zero-order chi connectivity index (χ0) is 17.4. The molecule has 0 aliphatic carbocycles. The maximum Gasteiger partial charge on any atom is 0.416 e. The molecule has 0 aliphatic rings. The number of alkyl halides is 6. The summed E-state index contributed by atoms with van der Waals surface area (Å²) in [5.74, 6) is 0. The van der Waals surface area contributed by atoms with Crippen molar-refractivity contribution in [3.05, 3.63) is 58.1 Å². The highest BCUT2D eigenvalue weighted by Gasteiger charge is 2.36. The highest BCUT2D eigenvalue weighted by Crippen LogP contribution is 2.38. The van der Waals surface area contributed by atoms with Crippen LogP contribution in [0.4, 0.5) is 37.7 Å². The molecule has 0 saturated carbocycles. The Balaban J connectivity index is 2.49. The quantitative estimate of drug-likeness (QED) is 0.613. The number of halogens is 7. The van der Waals surface area contributed by atoms with Gasteiger partial charge in [0.1, 0.15) is 0 Å². The van der Waals surface area contributed by atoms with Crippen molar-refractivity contribution in [1.82, 2.24) is 0 Å². The van der Waals surface area contributed by atoms with E-state index >= 15 is 0 Å². The molecule has 0 amide bonds. The fourth-order valence-electron chi connectivity index (χ4n) is 1.95. The smallest absolute Gasteiger partial charge is 0.355 e. The highest BCUT2D eigenvalue weighted by atomic mass is 35.5. The first-order valence-corrected chi connectivity index (χ1v) is 6.67. The molecule has 0 saturated heterocycles. The number of nitrogens with one attached hydrogen (secondary N) is 1. The molecule has 2 rings (SSSR count). The summed E-state index contributed by atoms with van der Waals surface area (Å²) in [6, 6.07) is 5.84. The van der Waals surface area contributed by atoms with Gasteiger partial charge in [-0.1, -0.05) is 11.6 Å². The molecule has 23 heavy (non-hydrogen) atoms. The first-order chi connectivity index (χ1) is 10.5. The third-order valence-corrected chi connectivity index (χ3v) is 3.29. The second-order valence-corrected chi connectivity index (χ2v) is 5.32. The SMILES string of the molecule is Cc1cc(Cl)ccc1Nc1cc(C(F)(F)F)cc(C(F)(F)F)c1. The molecule has 0 fully saturated rings. The van der Waals surface area contributed by atoms with Gasteiger partial charge in [-0.3, -0.25) is 0 Å². The van der Waals surface area contributed by atoms with E-state index in [2.05, 4.69) is 5.32 Å². The first-order valence-electron chi connectivity index (χ1n) is 6.29. The fraction of sp³-hybridized carbons (Fsp3) is 0.200. The van der Waals surface area contributed by atoms with Gasteiger partial charge >= 0.3 is 12.4 Å². The predicted molar refractivity (Wildman–Crippen MR) is 75.9 cm³/mol. The van der Waals surface area contributed by atoms with Crippen molar-refractivity contribution < 1.29 is 26.3 Å². The van der Waals surface area contributed by atoms with Crippen LogP contribution in [0.25, 0.3) is 0 Å². The van der Waals surface area contributed by atoms with E-state index in [0.717, 1.165) is 0 Å². The molecule has 0 aromatic heterocycles. The van der Waals surface area contributed by atoms with E-state index in [1.165, 1.54) is 12.1 Å². The van der Waals surface area contributed by atoms with E-state index in [1.54, 1.807) is 13.0 Å². The fourth-order valence-corrected chi connectivity index (χ4v) is 2.18. The minimum absolute atomic E-state index is 0.0832. The van der Waals surface area contributed by atoms with Gasteiger partial charge in [0.25, 0.3) is 0 Å². The summed E-state index contributed by atoms with van der Waals surface area (Å²) in [6.45, 7) is 1.63. The molecule has 2 aromatic carbocycles. The standard InChI is InChI=1S/C15H10ClF6N/c1-8-4-11(16)2-3-13(8)23-12-6-9(14(17,18)19)5-10(7-12)15(20,21)22/h2-7,23H,1H3. The van der Waals surface area contributed by atoms with Crippen LogP contribution in [0.1, 0.15) is 16.7 Å². The lowest BCUT2D eigenvalue weighted by atomic mass is 10.1. The summed E-state index contributed by atoms with van der Waals surface area (Å²) < 4.78 is 76.8. The lowest BCUT2D eigenvalue weighted by Crippen LogP contribution is -2.11. The molecular formula is C15H10ClF6N. The van der Waals surface area contributed by atoms with Crippen molar-refractivity contribution >= 4 is 23.0 Å². The molecule has 0 bridgehead atoms. The summed E-state index contributed by atoms with van der Waals surface area (Å²) in [7, 11) is 0. The zero-order valence-corrected chi connectivity index (χ0v) is 12.4. The molecule has 1 N–H and O–H groups in total. The summed E-state index contributed by atoms with van der Waals surface area (Å²) in [4.78, 5) is 0. The Kier molecular flexibility index (Phi) is 4.52. The van der Waals surface area contributed by atoms with Crippen LogP contribution < -0.4 is 5.32 Å². The number of anilines is 2. The molecule has 0 heterocycles. The minimum atomic E-state index is -4.88. The van der Waals surface area contributed by atoms with Gasteiger partial charge < -0.3 is 5.32 Å². The second kappa shape index (κ2) is 5.96. The topological polar surface area (TPSA) is 12.0 Å². The molecule has 124 valence electrons. The van der Waals surface area contributed by atoms with E-state index in [1.807, 2.05) is 0 Å². The van der Waals surface area contributed by atoms with E-state index in [4.69, 9.17) is 11.6 Å². The van der Waals surface area contributed by atoms with Gasteiger partial charge in [0.2, 0.25) is 0 Å². The van der Waals surface area contributed by atoms with E-state index in [-0.39, 0.29) is 11.8 Å². The maximum atomic E-state index is 12.8. The van der Waals surface area contributed by atoms with Crippen molar-refractivity contribution in [1.29, 1.82) is 0 Å². The monoisotopic (exact) mass is 353 g/mol. The molecule has 8 heteroatoms. The Morgan fingerprint density at radius 2 is 1.35 bits per heavy atom. The number of hydrogen-bond donors (Lipinski definition) is 1. The van der Waals surface area contributed by atoms with Gasteiger partial charge in [-0.25, -0.2) is 0 Å².